The molecule has 0 saturated carbocycles. The Kier molecular flexibility index (Phi) is 7.30. The summed E-state index contributed by atoms with van der Waals surface area (Å²) in [5.41, 5.74) is 1.25. The third kappa shape index (κ3) is 4.75. The molecule has 2 aromatic rings. The molecule has 1 aliphatic heterocycles. The molecule has 1 aromatic heterocycles. The molecule has 1 fully saturated rings. The normalized spacial score (nSPS) is 20.0. The minimum absolute atomic E-state index is 0. The molecule has 8 heteroatoms. The number of pyridine rings is 1. The first-order valence-electron chi connectivity index (χ1n) is 7.48. The average molecular weight is 401 g/mol. The Bertz CT molecular complexity index is 767. The van der Waals surface area contributed by atoms with Gasteiger partial charge in [-0.15, -0.1) is 12.4 Å². The van der Waals surface area contributed by atoms with Crippen molar-refractivity contribution >= 4 is 35.6 Å². The Balaban J connectivity index is 0.00000225. The fraction of sp³-hybridized carbons (Fsp3) is 0.294. The first-order chi connectivity index (χ1) is 11.7. The van der Waals surface area contributed by atoms with Crippen LogP contribution in [-0.2, 0) is 4.74 Å². The summed E-state index contributed by atoms with van der Waals surface area (Å²) >= 11 is 12.1. The maximum Gasteiger partial charge on any atom is 0.232 e. The van der Waals surface area contributed by atoms with Gasteiger partial charge in [0.25, 0.3) is 0 Å². The molecule has 0 bridgehead atoms. The number of halogens is 3. The van der Waals surface area contributed by atoms with Gasteiger partial charge in [0.05, 0.1) is 16.7 Å². The predicted octanol–water partition coefficient (Wildman–Crippen LogP) is 3.79. The minimum Gasteiger partial charge on any atom is -0.469 e. The van der Waals surface area contributed by atoms with E-state index in [2.05, 4.69) is 16.4 Å². The van der Waals surface area contributed by atoms with Crippen LogP contribution >= 0.6 is 35.6 Å². The van der Waals surface area contributed by atoms with E-state index in [4.69, 9.17) is 32.7 Å². The molecule has 1 aliphatic rings. The van der Waals surface area contributed by atoms with Gasteiger partial charge in [-0.1, -0.05) is 29.3 Å². The molecule has 3 rings (SSSR count). The van der Waals surface area contributed by atoms with Crippen molar-refractivity contribution in [3.63, 3.8) is 0 Å². The molecule has 0 spiro atoms. The molecular formula is C17H16Cl3N3O2. The molecule has 2 unspecified atom stereocenters. The molecular weight excluding hydrogens is 385 g/mol. The minimum atomic E-state index is -0.355. The summed E-state index contributed by atoms with van der Waals surface area (Å²) < 4.78 is 11.9. The maximum atomic E-state index is 9.20. The molecule has 2 atom stereocenters. The number of hydrogen-bond acceptors (Lipinski definition) is 5. The third-order valence-corrected chi connectivity index (χ3v) is 4.43. The van der Waals surface area contributed by atoms with E-state index in [0.29, 0.717) is 41.2 Å². The van der Waals surface area contributed by atoms with Crippen LogP contribution in [0.1, 0.15) is 17.2 Å². The van der Waals surface area contributed by atoms with Gasteiger partial charge < -0.3 is 14.8 Å². The van der Waals surface area contributed by atoms with E-state index in [1.807, 2.05) is 6.07 Å². The van der Waals surface area contributed by atoms with Gasteiger partial charge in [0.2, 0.25) is 5.88 Å². The van der Waals surface area contributed by atoms with Gasteiger partial charge in [-0.05, 0) is 29.8 Å². The summed E-state index contributed by atoms with van der Waals surface area (Å²) in [6, 6.07) is 10.8. The maximum absolute atomic E-state index is 9.20. The molecule has 25 heavy (non-hydrogen) atoms. The van der Waals surface area contributed by atoms with Gasteiger partial charge in [-0.3, -0.25) is 0 Å². The molecule has 2 heterocycles. The fourth-order valence-electron chi connectivity index (χ4n) is 2.53. The Hall–Kier alpha value is -1.55. The predicted molar refractivity (Wildman–Crippen MR) is 98.6 cm³/mol. The van der Waals surface area contributed by atoms with Crippen molar-refractivity contribution in [1.82, 2.24) is 10.3 Å². The zero-order valence-electron chi connectivity index (χ0n) is 13.1. The Morgan fingerprint density at radius 1 is 1.28 bits per heavy atom. The van der Waals surface area contributed by atoms with Crippen LogP contribution in [0.3, 0.4) is 0 Å². The lowest BCUT2D eigenvalue weighted by atomic mass is 10.0. The number of nitrogens with zero attached hydrogens (tertiary/aromatic N) is 2. The van der Waals surface area contributed by atoms with Crippen LogP contribution < -0.4 is 10.1 Å². The standard InChI is InChI=1S/C17H15Cl2N3O2.ClH/c18-13-4-3-11(8-14(13)19)16-15(10-21-6-7-23-16)24-17-12(9-20)2-1-5-22-17;/h1-5,8,15-16,21H,6-7,10H2;1H. The van der Waals surface area contributed by atoms with E-state index in [1.165, 1.54) is 0 Å². The Morgan fingerprint density at radius 3 is 2.88 bits per heavy atom. The SMILES string of the molecule is Cl.N#Cc1cccnc1OC1CNCCOC1c1ccc(Cl)c(Cl)c1. The van der Waals surface area contributed by atoms with Crippen molar-refractivity contribution in [2.75, 3.05) is 19.7 Å². The first-order valence-corrected chi connectivity index (χ1v) is 8.23. The van der Waals surface area contributed by atoms with Gasteiger partial charge in [0.15, 0.2) is 0 Å². The van der Waals surface area contributed by atoms with E-state index < -0.39 is 0 Å². The lowest BCUT2D eigenvalue weighted by molar-refractivity contribution is -0.0101. The van der Waals surface area contributed by atoms with E-state index in [0.717, 1.165) is 5.56 Å². The number of aromatic nitrogens is 1. The van der Waals surface area contributed by atoms with Crippen LogP contribution in [0.25, 0.3) is 0 Å². The highest BCUT2D eigenvalue weighted by atomic mass is 35.5. The van der Waals surface area contributed by atoms with Crippen molar-refractivity contribution in [2.45, 2.75) is 12.2 Å². The van der Waals surface area contributed by atoms with Crippen molar-refractivity contribution in [3.05, 3.63) is 57.7 Å². The van der Waals surface area contributed by atoms with Crippen LogP contribution in [0.4, 0.5) is 0 Å². The van der Waals surface area contributed by atoms with Crippen molar-refractivity contribution in [2.24, 2.45) is 0 Å². The number of ether oxygens (including phenoxy) is 2. The van der Waals surface area contributed by atoms with E-state index >= 15 is 0 Å². The summed E-state index contributed by atoms with van der Waals surface area (Å²) in [5, 5.41) is 13.4. The summed E-state index contributed by atoms with van der Waals surface area (Å²) in [5.74, 6) is 0.294. The van der Waals surface area contributed by atoms with E-state index in [1.54, 1.807) is 30.5 Å². The monoisotopic (exact) mass is 399 g/mol. The molecule has 5 nitrogen and oxygen atoms in total. The van der Waals surface area contributed by atoms with E-state index in [9.17, 15) is 5.26 Å². The second-order valence-electron chi connectivity index (χ2n) is 5.29. The molecule has 0 amide bonds. The second-order valence-corrected chi connectivity index (χ2v) is 6.11. The van der Waals surface area contributed by atoms with Crippen molar-refractivity contribution < 1.29 is 9.47 Å². The Morgan fingerprint density at radius 2 is 2.12 bits per heavy atom. The number of rotatable bonds is 3. The lowest BCUT2D eigenvalue weighted by Crippen LogP contribution is -2.34. The summed E-state index contributed by atoms with van der Waals surface area (Å²) in [4.78, 5) is 4.16. The fourth-order valence-corrected chi connectivity index (χ4v) is 2.84. The van der Waals surface area contributed by atoms with Gasteiger partial charge in [-0.2, -0.15) is 5.26 Å². The average Bonchev–Trinajstić information content (AvgIpc) is 2.83. The van der Waals surface area contributed by atoms with Crippen LogP contribution in [0.15, 0.2) is 36.5 Å². The first kappa shape index (κ1) is 19.8. The zero-order chi connectivity index (χ0) is 16.9. The zero-order valence-corrected chi connectivity index (χ0v) is 15.4. The van der Waals surface area contributed by atoms with Gasteiger partial charge in [0.1, 0.15) is 23.8 Å². The molecule has 1 aromatic carbocycles. The van der Waals surface area contributed by atoms with E-state index in [-0.39, 0.29) is 24.6 Å². The second kappa shape index (κ2) is 9.23. The summed E-state index contributed by atoms with van der Waals surface area (Å²) in [6.07, 6.45) is 0.894. The third-order valence-electron chi connectivity index (χ3n) is 3.69. The van der Waals surface area contributed by atoms with Crippen LogP contribution in [0.5, 0.6) is 5.88 Å². The number of hydrogen-bond donors (Lipinski definition) is 1. The molecule has 1 N–H and O–H groups in total. The molecule has 0 aliphatic carbocycles. The molecule has 1 saturated heterocycles. The van der Waals surface area contributed by atoms with Crippen molar-refractivity contribution in [3.8, 4) is 11.9 Å². The number of benzene rings is 1. The highest BCUT2D eigenvalue weighted by Gasteiger charge is 2.29. The summed E-state index contributed by atoms with van der Waals surface area (Å²) in [6.45, 7) is 1.81. The van der Waals surface area contributed by atoms with Gasteiger partial charge in [0, 0.05) is 19.3 Å². The van der Waals surface area contributed by atoms with Gasteiger partial charge in [-0.25, -0.2) is 4.98 Å². The highest BCUT2D eigenvalue weighted by molar-refractivity contribution is 6.42. The largest absolute Gasteiger partial charge is 0.469 e. The van der Waals surface area contributed by atoms with Crippen LogP contribution in [0.2, 0.25) is 10.0 Å². The molecule has 132 valence electrons. The smallest absolute Gasteiger partial charge is 0.232 e. The van der Waals surface area contributed by atoms with Crippen molar-refractivity contribution in [1.29, 1.82) is 5.26 Å². The van der Waals surface area contributed by atoms with Crippen LogP contribution in [-0.4, -0.2) is 30.8 Å². The topological polar surface area (TPSA) is 67.2 Å². The highest BCUT2D eigenvalue weighted by Crippen LogP contribution is 2.31. The van der Waals surface area contributed by atoms with Gasteiger partial charge >= 0.3 is 0 Å². The molecule has 0 radical (unpaired) electrons. The summed E-state index contributed by atoms with van der Waals surface area (Å²) in [7, 11) is 0. The Labute approximate surface area is 162 Å². The number of nitriles is 1. The lowest BCUT2D eigenvalue weighted by Gasteiger charge is -2.26. The number of nitrogens with one attached hydrogen (secondary N) is 1. The van der Waals surface area contributed by atoms with Crippen LogP contribution in [0, 0.1) is 11.3 Å². The quantitative estimate of drug-likeness (QED) is 0.849.